The number of fused-ring (bicyclic) bond motifs is 1. The van der Waals surface area contributed by atoms with Crippen LogP contribution in [0.1, 0.15) is 5.56 Å². The summed E-state index contributed by atoms with van der Waals surface area (Å²) in [6.45, 7) is 0. The molecule has 0 saturated heterocycles. The number of hydrogen-bond acceptors (Lipinski definition) is 5. The molecule has 0 saturated carbocycles. The molecule has 134 valence electrons. The van der Waals surface area contributed by atoms with E-state index in [0.717, 1.165) is 0 Å². The predicted molar refractivity (Wildman–Crippen MR) is 103 cm³/mol. The number of furan rings is 1. The van der Waals surface area contributed by atoms with E-state index in [1.54, 1.807) is 47.2 Å². The molecule has 3 heterocycles. The Hall–Kier alpha value is -3.16. The van der Waals surface area contributed by atoms with Gasteiger partial charge in [0.25, 0.3) is 5.69 Å². The molecular weight excluding hydrogens is 391 g/mol. The highest BCUT2D eigenvalue weighted by Gasteiger charge is 2.16. The molecule has 0 radical (unpaired) electrons. The number of nitro benzene ring substituents is 1. The van der Waals surface area contributed by atoms with Crippen LogP contribution in [0.2, 0.25) is 10.0 Å². The number of pyridine rings is 1. The van der Waals surface area contributed by atoms with Crippen LogP contribution in [0.5, 0.6) is 0 Å². The van der Waals surface area contributed by atoms with E-state index < -0.39 is 4.92 Å². The molecule has 0 fully saturated rings. The highest BCUT2D eigenvalue weighted by Crippen LogP contribution is 2.32. The summed E-state index contributed by atoms with van der Waals surface area (Å²) in [6, 6.07) is 11.5. The van der Waals surface area contributed by atoms with Crippen LogP contribution in [0.3, 0.4) is 0 Å². The molecule has 0 spiro atoms. The van der Waals surface area contributed by atoms with Gasteiger partial charge in [-0.3, -0.25) is 14.5 Å². The molecule has 0 bridgehead atoms. The highest BCUT2D eigenvalue weighted by molar-refractivity contribution is 6.32. The van der Waals surface area contributed by atoms with Crippen molar-refractivity contribution >= 4 is 46.6 Å². The molecule has 0 atom stereocenters. The van der Waals surface area contributed by atoms with Crippen molar-refractivity contribution < 1.29 is 9.34 Å². The van der Waals surface area contributed by atoms with Crippen molar-refractivity contribution in [3.8, 4) is 11.5 Å². The summed E-state index contributed by atoms with van der Waals surface area (Å²) in [5.74, 6) is 1.03. The fraction of sp³-hybridized carbons (Fsp3) is 0. The van der Waals surface area contributed by atoms with Crippen molar-refractivity contribution in [3.63, 3.8) is 0 Å². The van der Waals surface area contributed by atoms with Crippen LogP contribution < -0.4 is 0 Å². The summed E-state index contributed by atoms with van der Waals surface area (Å²) in [4.78, 5) is 19.5. The molecule has 1 aromatic carbocycles. The lowest BCUT2D eigenvalue weighted by molar-refractivity contribution is -0.384. The molecular formula is C18H10Cl2N4O3. The van der Waals surface area contributed by atoms with Crippen molar-refractivity contribution in [2.24, 2.45) is 4.99 Å². The van der Waals surface area contributed by atoms with Crippen LogP contribution >= 0.6 is 23.2 Å². The second-order valence-electron chi connectivity index (χ2n) is 5.56. The smallest absolute Gasteiger partial charge is 0.288 e. The summed E-state index contributed by atoms with van der Waals surface area (Å²) in [5, 5.41) is 11.6. The first-order chi connectivity index (χ1) is 13.0. The largest absolute Gasteiger partial charge is 0.463 e. The minimum atomic E-state index is -0.540. The SMILES string of the molecule is O=[N+]([O-])c1cc(/C=N/c2c(-c3ccco3)nc3ccc(Cl)cn23)ccc1Cl. The Kier molecular flexibility index (Phi) is 4.39. The molecule has 0 amide bonds. The van der Waals surface area contributed by atoms with Gasteiger partial charge in [0.15, 0.2) is 17.3 Å². The van der Waals surface area contributed by atoms with E-state index in [9.17, 15) is 10.1 Å². The van der Waals surface area contributed by atoms with Crippen LogP contribution in [0, 0.1) is 10.1 Å². The number of nitro groups is 1. The third-order valence-corrected chi connectivity index (χ3v) is 4.36. The molecule has 27 heavy (non-hydrogen) atoms. The minimum Gasteiger partial charge on any atom is -0.463 e. The lowest BCUT2D eigenvalue weighted by Gasteiger charge is -2.00. The first-order valence-corrected chi connectivity index (χ1v) is 8.48. The maximum atomic E-state index is 11.1. The van der Waals surface area contributed by atoms with E-state index in [2.05, 4.69) is 9.98 Å². The van der Waals surface area contributed by atoms with E-state index in [0.29, 0.717) is 33.5 Å². The van der Waals surface area contributed by atoms with Gasteiger partial charge < -0.3 is 4.42 Å². The summed E-state index contributed by atoms with van der Waals surface area (Å²) >= 11 is 12.0. The predicted octanol–water partition coefficient (Wildman–Crippen LogP) is 5.56. The minimum absolute atomic E-state index is 0.0648. The summed E-state index contributed by atoms with van der Waals surface area (Å²) < 4.78 is 7.17. The standard InChI is InChI=1S/C18H10Cl2N4O3/c19-12-4-6-16-22-17(15-2-1-7-27-15)18(23(16)10-12)21-9-11-3-5-13(20)14(8-11)24(25)26/h1-10H/b21-9+. The van der Waals surface area contributed by atoms with Gasteiger partial charge in [0.05, 0.1) is 16.2 Å². The monoisotopic (exact) mass is 400 g/mol. The average molecular weight is 401 g/mol. The second kappa shape index (κ2) is 6.86. The number of rotatable bonds is 4. The molecule has 0 aliphatic heterocycles. The molecule has 0 N–H and O–H groups in total. The fourth-order valence-corrected chi connectivity index (χ4v) is 2.94. The molecule has 4 rings (SSSR count). The average Bonchev–Trinajstić information content (AvgIpc) is 3.28. The molecule has 4 aromatic rings. The van der Waals surface area contributed by atoms with Crippen LogP contribution in [0.4, 0.5) is 11.5 Å². The number of hydrogen-bond donors (Lipinski definition) is 0. The van der Waals surface area contributed by atoms with Gasteiger partial charge >= 0.3 is 0 Å². The Labute approximate surface area is 162 Å². The van der Waals surface area contributed by atoms with E-state index in [1.807, 2.05) is 0 Å². The van der Waals surface area contributed by atoms with Crippen molar-refractivity contribution in [3.05, 3.63) is 80.6 Å². The first kappa shape index (κ1) is 17.3. The topological polar surface area (TPSA) is 85.9 Å². The van der Waals surface area contributed by atoms with Crippen molar-refractivity contribution in [2.45, 2.75) is 0 Å². The van der Waals surface area contributed by atoms with Gasteiger partial charge in [-0.2, -0.15) is 0 Å². The van der Waals surface area contributed by atoms with E-state index in [1.165, 1.54) is 18.3 Å². The highest BCUT2D eigenvalue weighted by atomic mass is 35.5. The zero-order valence-electron chi connectivity index (χ0n) is 13.5. The van der Waals surface area contributed by atoms with Gasteiger partial charge in [-0.1, -0.05) is 29.3 Å². The Morgan fingerprint density at radius 1 is 1.22 bits per heavy atom. The van der Waals surface area contributed by atoms with Gasteiger partial charge in [0, 0.05) is 18.5 Å². The summed E-state index contributed by atoms with van der Waals surface area (Å²) in [7, 11) is 0. The quantitative estimate of drug-likeness (QED) is 0.255. The molecule has 3 aromatic heterocycles. The Bertz CT molecular complexity index is 1180. The molecule has 9 heteroatoms. The zero-order chi connectivity index (χ0) is 19.0. The number of aromatic nitrogens is 2. The normalized spacial score (nSPS) is 11.5. The van der Waals surface area contributed by atoms with Gasteiger partial charge in [-0.15, -0.1) is 0 Å². The van der Waals surface area contributed by atoms with Crippen LogP contribution in [0.15, 0.2) is 64.3 Å². The maximum absolute atomic E-state index is 11.1. The van der Waals surface area contributed by atoms with Gasteiger partial charge in [-0.25, -0.2) is 9.98 Å². The Morgan fingerprint density at radius 2 is 2.07 bits per heavy atom. The van der Waals surface area contributed by atoms with Crippen molar-refractivity contribution in [2.75, 3.05) is 0 Å². The number of halogens is 2. The lowest BCUT2D eigenvalue weighted by Crippen LogP contribution is -1.91. The molecule has 0 aliphatic rings. The number of aliphatic imine (C=N–C) groups is 1. The molecule has 0 aliphatic carbocycles. The van der Waals surface area contributed by atoms with E-state index >= 15 is 0 Å². The Balaban J connectivity index is 1.85. The summed E-state index contributed by atoms with van der Waals surface area (Å²) in [5.41, 5.74) is 1.50. The van der Waals surface area contributed by atoms with Crippen LogP contribution in [-0.4, -0.2) is 20.5 Å². The first-order valence-electron chi connectivity index (χ1n) is 7.72. The van der Waals surface area contributed by atoms with E-state index in [4.69, 9.17) is 27.6 Å². The van der Waals surface area contributed by atoms with E-state index in [-0.39, 0.29) is 10.7 Å². The third-order valence-electron chi connectivity index (χ3n) is 3.81. The number of benzene rings is 1. The van der Waals surface area contributed by atoms with Gasteiger partial charge in [0.1, 0.15) is 10.7 Å². The van der Waals surface area contributed by atoms with Gasteiger partial charge in [-0.05, 0) is 35.9 Å². The third kappa shape index (κ3) is 3.30. The zero-order valence-corrected chi connectivity index (χ0v) is 15.1. The van der Waals surface area contributed by atoms with Crippen molar-refractivity contribution in [1.29, 1.82) is 0 Å². The van der Waals surface area contributed by atoms with Crippen LogP contribution in [0.25, 0.3) is 17.1 Å². The number of nitrogens with zero attached hydrogens (tertiary/aromatic N) is 4. The van der Waals surface area contributed by atoms with Crippen molar-refractivity contribution in [1.82, 2.24) is 9.38 Å². The molecule has 0 unspecified atom stereocenters. The fourth-order valence-electron chi connectivity index (χ4n) is 2.59. The Morgan fingerprint density at radius 3 is 2.81 bits per heavy atom. The summed E-state index contributed by atoms with van der Waals surface area (Å²) in [6.07, 6.45) is 4.73. The second-order valence-corrected chi connectivity index (χ2v) is 6.41. The number of imidazole rings is 1. The lowest BCUT2D eigenvalue weighted by atomic mass is 10.2. The van der Waals surface area contributed by atoms with Gasteiger partial charge in [0.2, 0.25) is 0 Å². The van der Waals surface area contributed by atoms with Crippen LogP contribution in [-0.2, 0) is 0 Å². The molecule has 7 nitrogen and oxygen atoms in total. The maximum Gasteiger partial charge on any atom is 0.288 e.